The lowest BCUT2D eigenvalue weighted by atomic mass is 10.1. The summed E-state index contributed by atoms with van der Waals surface area (Å²) in [6.07, 6.45) is 0.314. The van der Waals surface area contributed by atoms with Gasteiger partial charge in [0, 0.05) is 24.3 Å². The average molecular weight is 337 g/mol. The summed E-state index contributed by atoms with van der Waals surface area (Å²) in [5.74, 6) is 0.0281. The monoisotopic (exact) mass is 337 g/mol. The highest BCUT2D eigenvalue weighted by Crippen LogP contribution is 2.22. The van der Waals surface area contributed by atoms with Crippen molar-refractivity contribution in [2.45, 2.75) is 33.2 Å². The van der Waals surface area contributed by atoms with Crippen molar-refractivity contribution in [1.29, 1.82) is 0 Å². The van der Waals surface area contributed by atoms with Crippen LogP contribution in [0.5, 0.6) is 0 Å². The van der Waals surface area contributed by atoms with Crippen molar-refractivity contribution in [2.24, 2.45) is 0 Å². The molecule has 130 valence electrons. The van der Waals surface area contributed by atoms with Crippen LogP contribution in [0.3, 0.4) is 0 Å². The molecule has 0 aromatic heterocycles. The predicted octanol–water partition coefficient (Wildman–Crippen LogP) is 3.54. The number of anilines is 2. The van der Waals surface area contributed by atoms with Gasteiger partial charge in [-0.05, 0) is 56.2 Å². The van der Waals surface area contributed by atoms with Crippen molar-refractivity contribution >= 4 is 23.3 Å². The lowest BCUT2D eigenvalue weighted by Crippen LogP contribution is -2.39. The first-order chi connectivity index (χ1) is 11.9. The number of hydrogen-bond acceptors (Lipinski definition) is 2. The number of urea groups is 1. The Hall–Kier alpha value is -2.82. The molecule has 5 heteroatoms. The van der Waals surface area contributed by atoms with E-state index in [1.807, 2.05) is 63.2 Å². The second-order valence-electron chi connectivity index (χ2n) is 6.64. The van der Waals surface area contributed by atoms with Gasteiger partial charge >= 0.3 is 6.03 Å². The maximum atomic E-state index is 12.2. The Kier molecular flexibility index (Phi) is 4.74. The first-order valence-electron chi connectivity index (χ1n) is 8.44. The van der Waals surface area contributed by atoms with E-state index in [-0.39, 0.29) is 18.0 Å². The van der Waals surface area contributed by atoms with Gasteiger partial charge in [0.25, 0.3) is 0 Å². The van der Waals surface area contributed by atoms with Gasteiger partial charge in [-0.2, -0.15) is 0 Å². The van der Waals surface area contributed by atoms with Crippen LogP contribution in [-0.4, -0.2) is 24.5 Å². The summed E-state index contributed by atoms with van der Waals surface area (Å²) in [5, 5.41) is 5.72. The molecule has 2 N–H and O–H groups in total. The van der Waals surface area contributed by atoms with E-state index in [4.69, 9.17) is 0 Å². The van der Waals surface area contributed by atoms with E-state index in [0.717, 1.165) is 22.5 Å². The van der Waals surface area contributed by atoms with E-state index < -0.39 is 0 Å². The van der Waals surface area contributed by atoms with Crippen molar-refractivity contribution in [2.75, 3.05) is 16.8 Å². The Balaban J connectivity index is 1.60. The van der Waals surface area contributed by atoms with Gasteiger partial charge in [-0.1, -0.05) is 23.8 Å². The summed E-state index contributed by atoms with van der Waals surface area (Å²) < 4.78 is 0. The molecule has 0 saturated carbocycles. The number of nitrogens with one attached hydrogen (secondary N) is 2. The van der Waals surface area contributed by atoms with Gasteiger partial charge in [0.05, 0.1) is 6.04 Å². The molecule has 0 aliphatic carbocycles. The smallest absolute Gasteiger partial charge is 0.319 e. The molecule has 0 radical (unpaired) electrons. The molecular weight excluding hydrogens is 314 g/mol. The highest BCUT2D eigenvalue weighted by Gasteiger charge is 2.31. The second kappa shape index (κ2) is 6.97. The third-order valence-corrected chi connectivity index (χ3v) is 4.57. The molecule has 5 nitrogen and oxygen atoms in total. The van der Waals surface area contributed by atoms with E-state index in [2.05, 4.69) is 10.6 Å². The van der Waals surface area contributed by atoms with E-state index >= 15 is 0 Å². The zero-order chi connectivity index (χ0) is 18.0. The van der Waals surface area contributed by atoms with Crippen LogP contribution in [0.4, 0.5) is 16.2 Å². The van der Waals surface area contributed by atoms with Crippen LogP contribution in [0.25, 0.3) is 0 Å². The average Bonchev–Trinajstić information content (AvgIpc) is 2.92. The number of amides is 3. The zero-order valence-corrected chi connectivity index (χ0v) is 14.8. The van der Waals surface area contributed by atoms with Crippen LogP contribution < -0.4 is 15.5 Å². The Morgan fingerprint density at radius 1 is 1.04 bits per heavy atom. The molecule has 3 amide bonds. The maximum absolute atomic E-state index is 12.2. The molecule has 2 aromatic carbocycles. The molecule has 1 aliphatic heterocycles. The van der Waals surface area contributed by atoms with Crippen LogP contribution in [-0.2, 0) is 4.79 Å². The standard InChI is InChI=1S/C20H23N3O2/c1-13-4-8-18(9-5-13)23-12-17(11-19(23)24)22-20(25)21-16-7-6-14(2)15(3)10-16/h4-10,17H,11-12H2,1-3H3,(H2,21,22,25)/t17-/m0/s1. The number of rotatable bonds is 3. The van der Waals surface area contributed by atoms with Gasteiger partial charge in [-0.15, -0.1) is 0 Å². The van der Waals surface area contributed by atoms with E-state index in [1.54, 1.807) is 4.90 Å². The third kappa shape index (κ3) is 3.99. The molecule has 0 spiro atoms. The van der Waals surface area contributed by atoms with Crippen LogP contribution in [0.1, 0.15) is 23.1 Å². The largest absolute Gasteiger partial charge is 0.333 e. The minimum absolute atomic E-state index is 0.0281. The summed E-state index contributed by atoms with van der Waals surface area (Å²) in [6.45, 7) is 6.54. The number of hydrogen-bond donors (Lipinski definition) is 2. The maximum Gasteiger partial charge on any atom is 0.319 e. The van der Waals surface area contributed by atoms with Gasteiger partial charge in [-0.3, -0.25) is 4.79 Å². The lowest BCUT2D eigenvalue weighted by molar-refractivity contribution is -0.117. The van der Waals surface area contributed by atoms with Gasteiger partial charge < -0.3 is 15.5 Å². The fourth-order valence-corrected chi connectivity index (χ4v) is 2.95. The topological polar surface area (TPSA) is 61.4 Å². The number of nitrogens with zero attached hydrogens (tertiary/aromatic N) is 1. The first-order valence-corrected chi connectivity index (χ1v) is 8.44. The molecule has 25 heavy (non-hydrogen) atoms. The predicted molar refractivity (Wildman–Crippen MR) is 100 cm³/mol. The first kappa shape index (κ1) is 17.0. The van der Waals surface area contributed by atoms with Crippen molar-refractivity contribution in [3.8, 4) is 0 Å². The molecule has 1 heterocycles. The number of carbonyl (C=O) groups excluding carboxylic acids is 2. The van der Waals surface area contributed by atoms with Crippen molar-refractivity contribution in [1.82, 2.24) is 5.32 Å². The quantitative estimate of drug-likeness (QED) is 0.900. The molecular formula is C20H23N3O2. The van der Waals surface area contributed by atoms with Crippen LogP contribution >= 0.6 is 0 Å². The fourth-order valence-electron chi connectivity index (χ4n) is 2.95. The second-order valence-corrected chi connectivity index (χ2v) is 6.64. The zero-order valence-electron chi connectivity index (χ0n) is 14.8. The molecule has 1 fully saturated rings. The fraction of sp³-hybridized carbons (Fsp3) is 0.300. The number of carbonyl (C=O) groups is 2. The summed E-state index contributed by atoms with van der Waals surface area (Å²) >= 11 is 0. The summed E-state index contributed by atoms with van der Waals surface area (Å²) in [5.41, 5.74) is 5.08. The molecule has 0 unspecified atom stereocenters. The van der Waals surface area contributed by atoms with Gasteiger partial charge in [0.15, 0.2) is 0 Å². The Morgan fingerprint density at radius 2 is 1.76 bits per heavy atom. The molecule has 2 aromatic rings. The Morgan fingerprint density at radius 3 is 2.44 bits per heavy atom. The van der Waals surface area contributed by atoms with Crippen LogP contribution in [0, 0.1) is 20.8 Å². The number of aryl methyl sites for hydroxylation is 3. The van der Waals surface area contributed by atoms with Crippen molar-refractivity contribution in [3.63, 3.8) is 0 Å². The van der Waals surface area contributed by atoms with E-state index in [9.17, 15) is 9.59 Å². The minimum atomic E-state index is -0.285. The minimum Gasteiger partial charge on any atom is -0.333 e. The lowest BCUT2D eigenvalue weighted by Gasteiger charge is -2.17. The SMILES string of the molecule is Cc1ccc(N2C[C@@H](NC(=O)Nc3ccc(C)c(C)c3)CC2=O)cc1. The third-order valence-electron chi connectivity index (χ3n) is 4.57. The summed E-state index contributed by atoms with van der Waals surface area (Å²) in [4.78, 5) is 26.2. The van der Waals surface area contributed by atoms with Crippen molar-refractivity contribution < 1.29 is 9.59 Å². The normalized spacial score (nSPS) is 16.8. The highest BCUT2D eigenvalue weighted by atomic mass is 16.2. The molecule has 1 saturated heterocycles. The number of benzene rings is 2. The molecule has 1 atom stereocenters. The Labute approximate surface area is 148 Å². The molecule has 1 aliphatic rings. The van der Waals surface area contributed by atoms with E-state index in [1.165, 1.54) is 5.56 Å². The van der Waals surface area contributed by atoms with Crippen LogP contribution in [0.2, 0.25) is 0 Å². The van der Waals surface area contributed by atoms with Crippen molar-refractivity contribution in [3.05, 3.63) is 59.2 Å². The van der Waals surface area contributed by atoms with Crippen LogP contribution in [0.15, 0.2) is 42.5 Å². The highest BCUT2D eigenvalue weighted by molar-refractivity contribution is 5.97. The summed E-state index contributed by atoms with van der Waals surface area (Å²) in [6, 6.07) is 13.1. The van der Waals surface area contributed by atoms with Gasteiger partial charge in [0.2, 0.25) is 5.91 Å². The summed E-state index contributed by atoms with van der Waals surface area (Å²) in [7, 11) is 0. The molecule has 0 bridgehead atoms. The Bertz CT molecular complexity index is 799. The van der Waals surface area contributed by atoms with Gasteiger partial charge in [0.1, 0.15) is 0 Å². The molecule has 3 rings (SSSR count). The van der Waals surface area contributed by atoms with E-state index in [0.29, 0.717) is 13.0 Å². The van der Waals surface area contributed by atoms with Gasteiger partial charge in [-0.25, -0.2) is 4.79 Å².